The monoisotopic (exact) mass is 419 g/mol. The molecule has 0 aromatic heterocycles. The van der Waals surface area contributed by atoms with Gasteiger partial charge >= 0.3 is 16.8 Å². The van der Waals surface area contributed by atoms with E-state index >= 15 is 0 Å². The quantitative estimate of drug-likeness (QED) is 0.410. The Labute approximate surface area is 167 Å². The maximum atomic E-state index is 6.94. The van der Waals surface area contributed by atoms with Crippen LogP contribution in [0.2, 0.25) is 39.3 Å². The molecule has 0 amide bonds. The average molecular weight is 420 g/mol. The summed E-state index contributed by atoms with van der Waals surface area (Å²) in [5.74, 6) is 0. The second-order valence-electron chi connectivity index (χ2n) is 11.2. The first-order chi connectivity index (χ1) is 9.41. The largest absolute Gasteiger partial charge is 3.00 e. The SMILES string of the molecule is CC(C)(C)[N-][Si](C)(C)C.CC(C)(C)[N-][Si](C)(C)C.CC(C)(C)[NH-].[Co+3]. The number of hydrogen-bond acceptors (Lipinski definition) is 0. The zero-order chi connectivity index (χ0) is 19.9. The molecule has 0 aliphatic rings. The van der Waals surface area contributed by atoms with Crippen LogP contribution in [0.15, 0.2) is 0 Å². The van der Waals surface area contributed by atoms with Crippen molar-refractivity contribution in [1.29, 1.82) is 0 Å². The van der Waals surface area contributed by atoms with Crippen LogP contribution in [0, 0.1) is 0 Å². The molecular formula is C18H46CoN3Si2. The Morgan fingerprint density at radius 2 is 0.667 bits per heavy atom. The van der Waals surface area contributed by atoms with E-state index in [0.717, 1.165) is 0 Å². The van der Waals surface area contributed by atoms with E-state index in [9.17, 15) is 0 Å². The molecule has 0 saturated carbocycles. The molecule has 0 aliphatic heterocycles. The molecule has 0 heterocycles. The fraction of sp³-hybridized carbons (Fsp3) is 1.00. The summed E-state index contributed by atoms with van der Waals surface area (Å²) in [6.07, 6.45) is 0. The van der Waals surface area contributed by atoms with Gasteiger partial charge in [0.05, 0.1) is 0 Å². The van der Waals surface area contributed by atoms with Crippen LogP contribution in [0.3, 0.4) is 0 Å². The predicted octanol–water partition coefficient (Wildman–Crippen LogP) is 7.82. The first-order valence-electron chi connectivity index (χ1n) is 8.64. The molecule has 0 aromatic rings. The number of nitrogens with zero attached hydrogens (tertiary/aromatic N) is 2. The molecule has 0 atom stereocenters. The van der Waals surface area contributed by atoms with Crippen LogP contribution in [-0.2, 0) is 16.8 Å². The third-order valence-electron chi connectivity index (χ3n) is 1.34. The molecule has 0 saturated heterocycles. The molecule has 6 heteroatoms. The van der Waals surface area contributed by atoms with E-state index in [2.05, 4.69) is 90.8 Å². The van der Waals surface area contributed by atoms with E-state index in [4.69, 9.17) is 5.73 Å². The number of hydrogen-bond donors (Lipinski definition) is 0. The van der Waals surface area contributed by atoms with E-state index < -0.39 is 16.5 Å². The second kappa shape index (κ2) is 11.5. The zero-order valence-corrected chi connectivity index (χ0v) is 22.3. The van der Waals surface area contributed by atoms with Crippen molar-refractivity contribution < 1.29 is 16.8 Å². The van der Waals surface area contributed by atoms with Crippen LogP contribution in [-0.4, -0.2) is 33.1 Å². The van der Waals surface area contributed by atoms with Gasteiger partial charge in [-0.15, -0.1) is 16.6 Å². The first kappa shape index (κ1) is 32.5. The van der Waals surface area contributed by atoms with Gasteiger partial charge in [0.25, 0.3) is 0 Å². The summed E-state index contributed by atoms with van der Waals surface area (Å²) in [5, 5.41) is 0. The molecule has 0 aromatic carbocycles. The third kappa shape index (κ3) is 66.1. The molecule has 0 aliphatic carbocycles. The molecule has 0 radical (unpaired) electrons. The average Bonchev–Trinajstić information content (AvgIpc) is 1.81. The molecule has 0 spiro atoms. The van der Waals surface area contributed by atoms with Gasteiger partial charge in [0.15, 0.2) is 0 Å². The van der Waals surface area contributed by atoms with Crippen molar-refractivity contribution in [3.05, 3.63) is 15.7 Å². The van der Waals surface area contributed by atoms with E-state index in [1.54, 1.807) is 0 Å². The third-order valence-corrected chi connectivity index (χ3v) is 4.02. The molecule has 24 heavy (non-hydrogen) atoms. The first-order valence-corrected chi connectivity index (χ1v) is 15.5. The summed E-state index contributed by atoms with van der Waals surface area (Å²) in [6.45, 7) is 32.1. The van der Waals surface area contributed by atoms with E-state index in [1.165, 1.54) is 0 Å². The van der Waals surface area contributed by atoms with Gasteiger partial charge in [-0.05, 0) is 0 Å². The van der Waals surface area contributed by atoms with Gasteiger partial charge in [-0.1, -0.05) is 118 Å². The fourth-order valence-electron chi connectivity index (χ4n) is 2.01. The Kier molecular flexibility index (Phi) is 15.6. The Hall–Kier alpha value is 0.820. The van der Waals surface area contributed by atoms with E-state index in [1.807, 2.05) is 20.8 Å². The summed E-state index contributed by atoms with van der Waals surface area (Å²) in [6, 6.07) is 0. The minimum atomic E-state index is -1.17. The summed E-state index contributed by atoms with van der Waals surface area (Å²) >= 11 is 0. The molecule has 150 valence electrons. The summed E-state index contributed by atoms with van der Waals surface area (Å²) in [7, 11) is -2.34. The normalized spacial score (nSPS) is 13.0. The molecule has 0 fully saturated rings. The number of rotatable bonds is 2. The van der Waals surface area contributed by atoms with Crippen LogP contribution >= 0.6 is 0 Å². The Bertz CT molecular complexity index is 245. The van der Waals surface area contributed by atoms with Crippen molar-refractivity contribution in [1.82, 2.24) is 0 Å². The second-order valence-corrected chi connectivity index (χ2v) is 20.3. The molecular weight excluding hydrogens is 373 g/mol. The van der Waals surface area contributed by atoms with Crippen LogP contribution in [0.4, 0.5) is 0 Å². The Balaban J connectivity index is -0.000000128. The molecule has 0 unspecified atom stereocenters. The smallest absolute Gasteiger partial charge is 0.673 e. The van der Waals surface area contributed by atoms with Crippen LogP contribution in [0.25, 0.3) is 15.7 Å². The standard InChI is InChI=1S/2C7H18NSi.C4H10N.Co/c2*1-7(2,3)8-9(4,5)6;1-4(2,3)5;/h2*1-6H3;5H,1-3H3;/q3*-1;+3. The van der Waals surface area contributed by atoms with Gasteiger partial charge < -0.3 is 15.7 Å². The Morgan fingerprint density at radius 1 is 0.542 bits per heavy atom. The van der Waals surface area contributed by atoms with Crippen LogP contribution < -0.4 is 0 Å². The van der Waals surface area contributed by atoms with Crippen molar-refractivity contribution >= 4 is 16.5 Å². The molecule has 3 nitrogen and oxygen atoms in total. The van der Waals surface area contributed by atoms with Gasteiger partial charge in [0.2, 0.25) is 0 Å². The van der Waals surface area contributed by atoms with Crippen molar-refractivity contribution in [2.24, 2.45) is 0 Å². The van der Waals surface area contributed by atoms with Gasteiger partial charge in [-0.2, -0.15) is 0 Å². The van der Waals surface area contributed by atoms with Gasteiger partial charge in [-0.3, -0.25) is 0 Å². The van der Waals surface area contributed by atoms with Crippen molar-refractivity contribution in [2.45, 2.75) is 118 Å². The summed E-state index contributed by atoms with van der Waals surface area (Å²) < 4.78 is 0. The predicted molar refractivity (Wildman–Crippen MR) is 117 cm³/mol. The summed E-state index contributed by atoms with van der Waals surface area (Å²) in [5.41, 5.74) is 7.03. The topological polar surface area (TPSA) is 52.0 Å². The molecule has 1 N–H and O–H groups in total. The Morgan fingerprint density at radius 3 is 0.667 bits per heavy atom. The molecule has 0 rings (SSSR count). The van der Waals surface area contributed by atoms with Crippen molar-refractivity contribution in [3.8, 4) is 0 Å². The van der Waals surface area contributed by atoms with Gasteiger partial charge in [0.1, 0.15) is 0 Å². The summed E-state index contributed by atoms with van der Waals surface area (Å²) in [4.78, 5) is 9.36. The maximum absolute atomic E-state index is 6.94. The van der Waals surface area contributed by atoms with Crippen molar-refractivity contribution in [3.63, 3.8) is 0 Å². The fourth-order valence-corrected chi connectivity index (χ4v) is 6.04. The van der Waals surface area contributed by atoms with Crippen LogP contribution in [0.1, 0.15) is 62.3 Å². The maximum Gasteiger partial charge on any atom is 3.00 e. The zero-order valence-electron chi connectivity index (χ0n) is 19.2. The minimum absolute atomic E-state index is 0. The van der Waals surface area contributed by atoms with Crippen molar-refractivity contribution in [2.75, 3.05) is 0 Å². The van der Waals surface area contributed by atoms with E-state index in [-0.39, 0.29) is 33.4 Å². The number of nitrogens with one attached hydrogen (secondary N) is 1. The van der Waals surface area contributed by atoms with Gasteiger partial charge in [-0.25, -0.2) is 0 Å². The van der Waals surface area contributed by atoms with Gasteiger partial charge in [0, 0.05) is 0 Å². The minimum Gasteiger partial charge on any atom is -0.673 e. The van der Waals surface area contributed by atoms with E-state index in [0.29, 0.717) is 0 Å². The molecule has 0 bridgehead atoms. The van der Waals surface area contributed by atoms with Crippen LogP contribution in [0.5, 0.6) is 0 Å².